The van der Waals surface area contributed by atoms with Crippen LogP contribution in [0.3, 0.4) is 0 Å². The van der Waals surface area contributed by atoms with Crippen molar-refractivity contribution >= 4 is 31.3 Å². The molecule has 0 fully saturated rings. The molecule has 190 valence electrons. The highest BCUT2D eigenvalue weighted by molar-refractivity contribution is 6.76. The van der Waals surface area contributed by atoms with Gasteiger partial charge in [-0.3, -0.25) is 9.36 Å². The monoisotopic (exact) mass is 542 g/mol. The van der Waals surface area contributed by atoms with E-state index in [1.54, 1.807) is 24.3 Å². The highest BCUT2D eigenvalue weighted by atomic mass is 35.5. The molecule has 1 aromatic carbocycles. The summed E-state index contributed by atoms with van der Waals surface area (Å²) in [5, 5.41) is 24.2. The Bertz CT molecular complexity index is 1270. The van der Waals surface area contributed by atoms with Crippen LogP contribution in [-0.2, 0) is 31.0 Å². The molecule has 35 heavy (non-hydrogen) atoms. The van der Waals surface area contributed by atoms with Gasteiger partial charge in [-0.15, -0.1) is 0 Å². The molecule has 1 atom stereocenters. The predicted molar refractivity (Wildman–Crippen MR) is 134 cm³/mol. The fraction of sp³-hybridized carbons (Fsp3) is 0.455. The Morgan fingerprint density at radius 1 is 1.14 bits per heavy atom. The Kier molecular flexibility index (Phi) is 9.08. The van der Waals surface area contributed by atoms with Crippen molar-refractivity contribution in [2.45, 2.75) is 58.1 Å². The van der Waals surface area contributed by atoms with Crippen molar-refractivity contribution in [3.63, 3.8) is 0 Å². The van der Waals surface area contributed by atoms with Crippen LogP contribution in [0.5, 0.6) is 0 Å². The van der Waals surface area contributed by atoms with Gasteiger partial charge < -0.3 is 19.5 Å². The van der Waals surface area contributed by atoms with Crippen LogP contribution in [0.4, 0.5) is 0 Å². The van der Waals surface area contributed by atoms with E-state index in [2.05, 4.69) is 29.8 Å². The van der Waals surface area contributed by atoms with Crippen LogP contribution in [0, 0.1) is 0 Å². The third-order valence-corrected chi connectivity index (χ3v) is 7.61. The molecular formula is C22H28Cl2N4O6Si. The fourth-order valence-electron chi connectivity index (χ4n) is 3.22. The number of hydrogen-bond donors (Lipinski definition) is 2. The van der Waals surface area contributed by atoms with E-state index in [4.69, 9.17) is 32.5 Å². The second-order valence-electron chi connectivity index (χ2n) is 9.24. The maximum absolute atomic E-state index is 13.1. The van der Waals surface area contributed by atoms with Crippen LogP contribution in [0.25, 0.3) is 0 Å². The summed E-state index contributed by atoms with van der Waals surface area (Å²) >= 11 is 12.0. The summed E-state index contributed by atoms with van der Waals surface area (Å²) in [6.07, 6.45) is -0.844. The van der Waals surface area contributed by atoms with Gasteiger partial charge in [0.05, 0.1) is 18.4 Å². The average Bonchev–Trinajstić information content (AvgIpc) is 3.24. The van der Waals surface area contributed by atoms with Crippen LogP contribution in [0.2, 0.25) is 35.7 Å². The quantitative estimate of drug-likeness (QED) is 0.279. The van der Waals surface area contributed by atoms with Gasteiger partial charge in [-0.1, -0.05) is 60.1 Å². The first-order valence-corrected chi connectivity index (χ1v) is 15.4. The zero-order chi connectivity index (χ0) is 25.8. The maximum atomic E-state index is 13.1. The van der Waals surface area contributed by atoms with Gasteiger partial charge in [0, 0.05) is 26.1 Å². The molecule has 2 heterocycles. The Balaban J connectivity index is 1.79. The van der Waals surface area contributed by atoms with Crippen molar-refractivity contribution in [1.82, 2.24) is 19.3 Å². The first kappa shape index (κ1) is 27.3. The lowest BCUT2D eigenvalue weighted by atomic mass is 10.1. The number of halogens is 2. The molecule has 3 rings (SSSR count). The maximum Gasteiger partial charge on any atom is 0.333 e. The normalized spacial score (nSPS) is 12.8. The predicted octanol–water partition coefficient (Wildman–Crippen LogP) is 2.83. The second kappa shape index (κ2) is 11.6. The van der Waals surface area contributed by atoms with Crippen molar-refractivity contribution in [2.24, 2.45) is 0 Å². The lowest BCUT2D eigenvalue weighted by molar-refractivity contribution is 0.0768. The smallest absolute Gasteiger partial charge is 0.333 e. The minimum absolute atomic E-state index is 0.0125. The molecular weight excluding hydrogens is 515 g/mol. The summed E-state index contributed by atoms with van der Waals surface area (Å²) < 4.78 is 12.8. The summed E-state index contributed by atoms with van der Waals surface area (Å²) in [5.74, 6) is 0.185. The summed E-state index contributed by atoms with van der Waals surface area (Å²) in [6.45, 7) is 5.94. The van der Waals surface area contributed by atoms with E-state index in [1.165, 1.54) is 0 Å². The molecule has 0 radical (unpaired) electrons. The van der Waals surface area contributed by atoms with Crippen molar-refractivity contribution in [3.8, 4) is 0 Å². The van der Waals surface area contributed by atoms with Crippen LogP contribution in [0.15, 0.2) is 38.4 Å². The minimum Gasteiger partial charge on any atom is -0.390 e. The van der Waals surface area contributed by atoms with Gasteiger partial charge in [0.25, 0.3) is 5.56 Å². The molecule has 2 N–H and O–H groups in total. The average molecular weight is 543 g/mol. The van der Waals surface area contributed by atoms with Gasteiger partial charge in [-0.05, 0) is 23.7 Å². The highest BCUT2D eigenvalue weighted by Crippen LogP contribution is 2.19. The number of nitrogens with zero attached hydrogens (tertiary/aromatic N) is 4. The molecule has 0 bridgehead atoms. The number of aliphatic hydroxyl groups is 2. The van der Waals surface area contributed by atoms with Crippen LogP contribution in [-0.4, -0.2) is 44.2 Å². The number of aliphatic hydroxyl groups excluding tert-OH is 2. The zero-order valence-electron chi connectivity index (χ0n) is 19.7. The van der Waals surface area contributed by atoms with E-state index < -0.39 is 32.0 Å². The standard InChI is InChI=1S/C22H28Cl2N4O6Si/c1-35(2,3)9-8-33-13-28-16(12-29)20(24)21(31)27(22(28)32)11-19-25-18(26-34-19)10-17(30)14-4-6-15(23)7-5-14/h4-7,17,29-30H,8-13H2,1-3H3/t17-/m0/s1. The summed E-state index contributed by atoms with van der Waals surface area (Å²) in [5.41, 5.74) is -0.916. The number of rotatable bonds is 11. The third-order valence-electron chi connectivity index (χ3n) is 5.27. The van der Waals surface area contributed by atoms with Gasteiger partial charge in [0.1, 0.15) is 18.3 Å². The number of aromatic nitrogens is 4. The van der Waals surface area contributed by atoms with Gasteiger partial charge in [-0.25, -0.2) is 9.36 Å². The Morgan fingerprint density at radius 3 is 2.46 bits per heavy atom. The highest BCUT2D eigenvalue weighted by Gasteiger charge is 2.21. The molecule has 0 amide bonds. The van der Waals surface area contributed by atoms with E-state index in [0.717, 1.165) is 15.2 Å². The molecule has 0 aliphatic rings. The molecule has 0 saturated carbocycles. The summed E-state index contributed by atoms with van der Waals surface area (Å²) in [6, 6.07) is 7.58. The van der Waals surface area contributed by atoms with E-state index in [1.807, 2.05) is 0 Å². The molecule has 0 spiro atoms. The lowest BCUT2D eigenvalue weighted by Crippen LogP contribution is -2.43. The first-order valence-electron chi connectivity index (χ1n) is 11.0. The van der Waals surface area contributed by atoms with Crippen LogP contribution >= 0.6 is 23.2 Å². The number of ether oxygens (including phenoxy) is 1. The second-order valence-corrected chi connectivity index (χ2v) is 15.7. The molecule has 13 heteroatoms. The Morgan fingerprint density at radius 2 is 1.83 bits per heavy atom. The molecule has 10 nitrogen and oxygen atoms in total. The van der Waals surface area contributed by atoms with Crippen LogP contribution < -0.4 is 11.2 Å². The van der Waals surface area contributed by atoms with E-state index >= 15 is 0 Å². The zero-order valence-corrected chi connectivity index (χ0v) is 22.2. The third kappa shape index (κ3) is 7.12. The first-order chi connectivity index (χ1) is 16.5. The Hall–Kier alpha value is -2.28. The largest absolute Gasteiger partial charge is 0.390 e. The molecule has 0 aliphatic heterocycles. The lowest BCUT2D eigenvalue weighted by Gasteiger charge is -2.18. The van der Waals surface area contributed by atoms with Gasteiger partial charge in [0.2, 0.25) is 5.89 Å². The number of benzene rings is 1. The molecule has 0 unspecified atom stereocenters. The van der Waals surface area contributed by atoms with Crippen LogP contribution in [0.1, 0.15) is 29.1 Å². The summed E-state index contributed by atoms with van der Waals surface area (Å²) in [4.78, 5) is 30.0. The van der Waals surface area contributed by atoms with E-state index in [0.29, 0.717) is 17.2 Å². The molecule has 0 aliphatic carbocycles. The van der Waals surface area contributed by atoms with Gasteiger partial charge in [-0.2, -0.15) is 4.98 Å². The van der Waals surface area contributed by atoms with Crippen molar-refractivity contribution in [2.75, 3.05) is 6.61 Å². The van der Waals surface area contributed by atoms with E-state index in [-0.39, 0.29) is 42.1 Å². The van der Waals surface area contributed by atoms with Gasteiger partial charge >= 0.3 is 5.69 Å². The van der Waals surface area contributed by atoms with E-state index in [9.17, 15) is 19.8 Å². The van der Waals surface area contributed by atoms with Gasteiger partial charge in [0.15, 0.2) is 5.82 Å². The molecule has 3 aromatic rings. The SMILES string of the molecule is C[Si](C)(C)CCOCn1c(CO)c(Cl)c(=O)n(Cc2nc(C[C@H](O)c3ccc(Cl)cc3)no2)c1=O. The Labute approximate surface area is 212 Å². The summed E-state index contributed by atoms with van der Waals surface area (Å²) in [7, 11) is -1.34. The van der Waals surface area contributed by atoms with Crippen molar-refractivity contribution in [1.29, 1.82) is 0 Å². The van der Waals surface area contributed by atoms with Crippen molar-refractivity contribution in [3.05, 3.63) is 78.1 Å². The molecule has 0 saturated heterocycles. The van der Waals surface area contributed by atoms with Crippen molar-refractivity contribution < 1.29 is 19.5 Å². The fourth-order valence-corrected chi connectivity index (χ4v) is 4.36. The molecule has 2 aromatic heterocycles. The minimum atomic E-state index is -1.34. The number of hydrogen-bond acceptors (Lipinski definition) is 8. The topological polar surface area (TPSA) is 133 Å².